The van der Waals surface area contributed by atoms with Gasteiger partial charge in [0.25, 0.3) is 0 Å². The predicted octanol–water partition coefficient (Wildman–Crippen LogP) is 11.0. The Bertz CT molecular complexity index is 358. The fourth-order valence-electron chi connectivity index (χ4n) is 4.36. The summed E-state index contributed by atoms with van der Waals surface area (Å²) in [5.74, 6) is 7.75. The van der Waals surface area contributed by atoms with Crippen LogP contribution in [-0.4, -0.2) is 0 Å². The van der Waals surface area contributed by atoms with Gasteiger partial charge in [0.05, 0.1) is 0 Å². The Labute approximate surface area is 192 Å². The molecule has 0 aromatic heterocycles. The van der Waals surface area contributed by atoms with Gasteiger partial charge < -0.3 is 0 Å². The third-order valence-electron chi connectivity index (χ3n) is 6.58. The first kappa shape index (κ1) is 29.6. The average Bonchev–Trinajstić information content (AvgIpc) is 2.75. The van der Waals surface area contributed by atoms with Crippen LogP contribution in [0.4, 0.5) is 0 Å². The topological polar surface area (TPSA) is 0 Å². The maximum absolute atomic E-state index is 3.43. The normalized spacial score (nSPS) is 12.0. The van der Waals surface area contributed by atoms with Crippen LogP contribution in [0.1, 0.15) is 175 Å². The summed E-state index contributed by atoms with van der Waals surface area (Å²) in [5, 5.41) is 0. The van der Waals surface area contributed by atoms with Gasteiger partial charge in [-0.2, -0.15) is 0 Å². The maximum atomic E-state index is 3.43. The van der Waals surface area contributed by atoms with Crippen molar-refractivity contribution >= 4 is 0 Å². The van der Waals surface area contributed by atoms with Gasteiger partial charge in [0, 0.05) is 12.8 Å². The fraction of sp³-hybridized carbons (Fsp3) is 0.933. The molecule has 0 amide bonds. The molecular weight excluding hydrogens is 360 g/mol. The van der Waals surface area contributed by atoms with Crippen LogP contribution >= 0.6 is 0 Å². The first-order chi connectivity index (χ1) is 14.8. The lowest BCUT2D eigenvalue weighted by Gasteiger charge is -2.09. The molecular formula is C30H58. The van der Waals surface area contributed by atoms with E-state index in [9.17, 15) is 0 Å². The monoisotopic (exact) mass is 418 g/mol. The Morgan fingerprint density at radius 3 is 1.20 bits per heavy atom. The lowest BCUT2D eigenvalue weighted by molar-refractivity contribution is 0.445. The van der Waals surface area contributed by atoms with Crippen LogP contribution in [0.15, 0.2) is 0 Å². The van der Waals surface area contributed by atoms with Crippen molar-refractivity contribution in [1.82, 2.24) is 0 Å². The molecule has 0 radical (unpaired) electrons. The molecule has 178 valence electrons. The van der Waals surface area contributed by atoms with Crippen molar-refractivity contribution < 1.29 is 0 Å². The lowest BCUT2D eigenvalue weighted by atomic mass is 9.96. The van der Waals surface area contributed by atoms with Gasteiger partial charge in [-0.05, 0) is 25.2 Å². The van der Waals surface area contributed by atoms with Crippen LogP contribution in [0.25, 0.3) is 0 Å². The second kappa shape index (κ2) is 26.6. The first-order valence-electron chi connectivity index (χ1n) is 14.3. The Hall–Kier alpha value is -0.440. The third-order valence-corrected chi connectivity index (χ3v) is 6.58. The molecule has 1 unspecified atom stereocenters. The first-order valence-corrected chi connectivity index (χ1v) is 14.3. The van der Waals surface area contributed by atoms with E-state index >= 15 is 0 Å². The van der Waals surface area contributed by atoms with Gasteiger partial charge in [-0.25, -0.2) is 0 Å². The van der Waals surface area contributed by atoms with E-state index in [1.165, 1.54) is 141 Å². The van der Waals surface area contributed by atoms with Gasteiger partial charge >= 0.3 is 0 Å². The van der Waals surface area contributed by atoms with E-state index < -0.39 is 0 Å². The lowest BCUT2D eigenvalue weighted by Crippen LogP contribution is -1.94. The second-order valence-electron chi connectivity index (χ2n) is 9.90. The van der Waals surface area contributed by atoms with Crippen molar-refractivity contribution in [2.75, 3.05) is 0 Å². The van der Waals surface area contributed by atoms with Crippen molar-refractivity contribution in [1.29, 1.82) is 0 Å². The summed E-state index contributed by atoms with van der Waals surface area (Å²) < 4.78 is 0. The molecule has 0 spiro atoms. The molecule has 0 fully saturated rings. The SMILES string of the molecule is CCCCCCCCCCCCCC#CCCCC(C)CCCCCCCCCC. The highest BCUT2D eigenvalue weighted by atomic mass is 14.1. The number of hydrogen-bond acceptors (Lipinski definition) is 0. The average molecular weight is 419 g/mol. The van der Waals surface area contributed by atoms with Crippen molar-refractivity contribution in [2.24, 2.45) is 5.92 Å². The van der Waals surface area contributed by atoms with E-state index in [-0.39, 0.29) is 0 Å². The Kier molecular flexibility index (Phi) is 26.2. The Morgan fingerprint density at radius 2 is 0.733 bits per heavy atom. The van der Waals surface area contributed by atoms with Crippen LogP contribution in [0.2, 0.25) is 0 Å². The molecule has 0 aliphatic carbocycles. The molecule has 0 aliphatic rings. The van der Waals surface area contributed by atoms with Crippen molar-refractivity contribution in [3.05, 3.63) is 0 Å². The fourth-order valence-corrected chi connectivity index (χ4v) is 4.36. The summed E-state index contributed by atoms with van der Waals surface area (Å²) in [6.45, 7) is 7.04. The molecule has 0 rings (SSSR count). The van der Waals surface area contributed by atoms with E-state index in [1.807, 2.05) is 0 Å². The highest BCUT2D eigenvalue weighted by molar-refractivity contribution is 4.98. The molecule has 0 saturated carbocycles. The molecule has 0 aromatic rings. The summed E-state index contributed by atoms with van der Waals surface area (Å²) in [4.78, 5) is 0. The summed E-state index contributed by atoms with van der Waals surface area (Å²) in [6.07, 6.45) is 33.5. The molecule has 30 heavy (non-hydrogen) atoms. The number of hydrogen-bond donors (Lipinski definition) is 0. The van der Waals surface area contributed by atoms with Gasteiger partial charge in [-0.1, -0.05) is 143 Å². The van der Waals surface area contributed by atoms with E-state index in [4.69, 9.17) is 0 Å². The van der Waals surface area contributed by atoms with Gasteiger partial charge in [-0.15, -0.1) is 11.8 Å². The quantitative estimate of drug-likeness (QED) is 0.114. The van der Waals surface area contributed by atoms with E-state index in [2.05, 4.69) is 32.6 Å². The predicted molar refractivity (Wildman–Crippen MR) is 139 cm³/mol. The van der Waals surface area contributed by atoms with Gasteiger partial charge in [0.1, 0.15) is 0 Å². The van der Waals surface area contributed by atoms with E-state index in [0.29, 0.717) is 0 Å². The van der Waals surface area contributed by atoms with Crippen molar-refractivity contribution in [3.8, 4) is 11.8 Å². The zero-order valence-electron chi connectivity index (χ0n) is 21.5. The molecule has 0 heteroatoms. The van der Waals surface area contributed by atoms with E-state index in [0.717, 1.165) is 18.8 Å². The van der Waals surface area contributed by atoms with Crippen LogP contribution < -0.4 is 0 Å². The minimum Gasteiger partial charge on any atom is -0.103 e. The highest BCUT2D eigenvalue weighted by Crippen LogP contribution is 2.17. The Morgan fingerprint density at radius 1 is 0.400 bits per heavy atom. The molecule has 0 nitrogen and oxygen atoms in total. The standard InChI is InChI=1S/C30H58/c1-4-6-8-10-12-14-15-16-17-18-19-20-21-23-25-27-29-30(3)28-26-24-22-13-11-9-7-5-2/h30H,4-20,22,24-29H2,1-3H3. The highest BCUT2D eigenvalue weighted by Gasteiger charge is 2.01. The molecule has 0 aromatic carbocycles. The minimum absolute atomic E-state index is 0.901. The zero-order chi connectivity index (χ0) is 22.0. The number of unbranched alkanes of at least 4 members (excludes halogenated alkanes) is 19. The molecule has 0 saturated heterocycles. The molecule has 0 bridgehead atoms. The third kappa shape index (κ3) is 25.6. The van der Waals surface area contributed by atoms with Gasteiger partial charge in [0.15, 0.2) is 0 Å². The summed E-state index contributed by atoms with van der Waals surface area (Å²) in [7, 11) is 0. The van der Waals surface area contributed by atoms with Crippen molar-refractivity contribution in [2.45, 2.75) is 175 Å². The molecule has 0 heterocycles. The largest absolute Gasteiger partial charge is 0.103 e. The van der Waals surface area contributed by atoms with Crippen LogP contribution in [-0.2, 0) is 0 Å². The molecule has 0 aliphatic heterocycles. The van der Waals surface area contributed by atoms with E-state index in [1.54, 1.807) is 0 Å². The van der Waals surface area contributed by atoms with Crippen LogP contribution in [0, 0.1) is 17.8 Å². The van der Waals surface area contributed by atoms with Crippen LogP contribution in [0.5, 0.6) is 0 Å². The zero-order valence-corrected chi connectivity index (χ0v) is 21.5. The molecule has 0 N–H and O–H groups in total. The van der Waals surface area contributed by atoms with Gasteiger partial charge in [-0.3, -0.25) is 0 Å². The Balaban J connectivity index is 3.23. The summed E-state index contributed by atoms with van der Waals surface area (Å²) in [6, 6.07) is 0. The van der Waals surface area contributed by atoms with Gasteiger partial charge in [0.2, 0.25) is 0 Å². The second-order valence-corrected chi connectivity index (χ2v) is 9.90. The number of rotatable bonds is 23. The summed E-state index contributed by atoms with van der Waals surface area (Å²) >= 11 is 0. The summed E-state index contributed by atoms with van der Waals surface area (Å²) in [5.41, 5.74) is 0. The van der Waals surface area contributed by atoms with Crippen molar-refractivity contribution in [3.63, 3.8) is 0 Å². The maximum Gasteiger partial charge on any atom is 0.00887 e. The van der Waals surface area contributed by atoms with Crippen LogP contribution in [0.3, 0.4) is 0 Å². The minimum atomic E-state index is 0.901. The molecule has 1 atom stereocenters. The smallest absolute Gasteiger partial charge is 0.00887 e.